The molecule has 1 aliphatic rings. The van der Waals surface area contributed by atoms with Crippen molar-refractivity contribution in [2.75, 3.05) is 26.7 Å². The Kier molecular flexibility index (Phi) is 7.70. The molecule has 126 valence electrons. The molecule has 0 aromatic heterocycles. The minimum Gasteiger partial charge on any atom is -0.311 e. The highest BCUT2D eigenvalue weighted by Gasteiger charge is 2.27. The lowest BCUT2D eigenvalue weighted by atomic mass is 9.83. The average molecular weight is 297 g/mol. The SMILES string of the molecule is CCCC(C)(CNC(C)(C)C)CN(C)CC1CCCCC1. The van der Waals surface area contributed by atoms with Crippen molar-refractivity contribution in [2.45, 2.75) is 85.1 Å². The Labute approximate surface area is 134 Å². The van der Waals surface area contributed by atoms with Gasteiger partial charge in [0.05, 0.1) is 0 Å². The molecule has 0 heterocycles. The molecule has 0 aromatic rings. The van der Waals surface area contributed by atoms with Gasteiger partial charge >= 0.3 is 0 Å². The third-order valence-electron chi connectivity index (χ3n) is 4.85. The number of rotatable bonds is 8. The summed E-state index contributed by atoms with van der Waals surface area (Å²) >= 11 is 0. The third kappa shape index (κ3) is 8.21. The van der Waals surface area contributed by atoms with Crippen molar-refractivity contribution in [3.05, 3.63) is 0 Å². The Morgan fingerprint density at radius 3 is 2.19 bits per heavy atom. The molecule has 1 atom stereocenters. The average Bonchev–Trinajstić information content (AvgIpc) is 2.37. The van der Waals surface area contributed by atoms with Gasteiger partial charge in [0, 0.05) is 25.2 Å². The van der Waals surface area contributed by atoms with Gasteiger partial charge in [-0.2, -0.15) is 0 Å². The molecule has 0 aromatic carbocycles. The molecular formula is C19H40N2. The van der Waals surface area contributed by atoms with E-state index in [0.29, 0.717) is 5.41 Å². The molecule has 1 unspecified atom stereocenters. The summed E-state index contributed by atoms with van der Waals surface area (Å²) in [6, 6.07) is 0. The van der Waals surface area contributed by atoms with Crippen molar-refractivity contribution < 1.29 is 0 Å². The fourth-order valence-electron chi connectivity index (χ4n) is 3.83. The van der Waals surface area contributed by atoms with E-state index in [9.17, 15) is 0 Å². The van der Waals surface area contributed by atoms with E-state index in [-0.39, 0.29) is 5.54 Å². The monoisotopic (exact) mass is 296 g/mol. The van der Waals surface area contributed by atoms with E-state index in [1.807, 2.05) is 0 Å². The zero-order valence-electron chi connectivity index (χ0n) is 15.6. The quantitative estimate of drug-likeness (QED) is 0.699. The Morgan fingerprint density at radius 1 is 1.05 bits per heavy atom. The second-order valence-electron chi connectivity index (χ2n) is 8.86. The van der Waals surface area contributed by atoms with Gasteiger partial charge in [0.1, 0.15) is 0 Å². The molecule has 0 radical (unpaired) electrons. The molecule has 21 heavy (non-hydrogen) atoms. The molecule has 0 saturated heterocycles. The van der Waals surface area contributed by atoms with Crippen LogP contribution in [0.5, 0.6) is 0 Å². The van der Waals surface area contributed by atoms with Gasteiger partial charge < -0.3 is 10.2 Å². The molecule has 2 heteroatoms. The van der Waals surface area contributed by atoms with E-state index in [1.54, 1.807) is 0 Å². The fraction of sp³-hybridized carbons (Fsp3) is 1.00. The maximum absolute atomic E-state index is 3.73. The first-order valence-corrected chi connectivity index (χ1v) is 9.18. The molecule has 1 aliphatic carbocycles. The van der Waals surface area contributed by atoms with Crippen LogP contribution in [0.25, 0.3) is 0 Å². The van der Waals surface area contributed by atoms with Crippen LogP contribution < -0.4 is 5.32 Å². The van der Waals surface area contributed by atoms with Gasteiger partial charge in [-0.15, -0.1) is 0 Å². The van der Waals surface area contributed by atoms with Crippen LogP contribution in [0.3, 0.4) is 0 Å². The zero-order chi connectivity index (χ0) is 15.9. The summed E-state index contributed by atoms with van der Waals surface area (Å²) in [6.45, 7) is 15.2. The summed E-state index contributed by atoms with van der Waals surface area (Å²) in [5, 5.41) is 3.73. The van der Waals surface area contributed by atoms with E-state index in [4.69, 9.17) is 0 Å². The van der Waals surface area contributed by atoms with Crippen LogP contribution in [0.2, 0.25) is 0 Å². The Hall–Kier alpha value is -0.0800. The van der Waals surface area contributed by atoms with Crippen LogP contribution >= 0.6 is 0 Å². The normalized spacial score (nSPS) is 20.7. The maximum atomic E-state index is 3.73. The molecule has 1 saturated carbocycles. The van der Waals surface area contributed by atoms with Gasteiger partial charge in [0.2, 0.25) is 0 Å². The lowest BCUT2D eigenvalue weighted by Crippen LogP contribution is -2.47. The first kappa shape index (κ1) is 19.0. The number of hydrogen-bond acceptors (Lipinski definition) is 2. The number of nitrogens with zero attached hydrogens (tertiary/aromatic N) is 1. The van der Waals surface area contributed by atoms with Crippen molar-refractivity contribution >= 4 is 0 Å². The largest absolute Gasteiger partial charge is 0.311 e. The van der Waals surface area contributed by atoms with E-state index in [2.05, 4.69) is 51.9 Å². The summed E-state index contributed by atoms with van der Waals surface area (Å²) in [5.74, 6) is 0.949. The van der Waals surface area contributed by atoms with E-state index in [1.165, 1.54) is 58.0 Å². The van der Waals surface area contributed by atoms with Gasteiger partial charge in [-0.25, -0.2) is 0 Å². The van der Waals surface area contributed by atoms with Gasteiger partial charge in [-0.1, -0.05) is 39.5 Å². The van der Waals surface area contributed by atoms with E-state index in [0.717, 1.165) is 12.5 Å². The second kappa shape index (κ2) is 8.53. The first-order valence-electron chi connectivity index (χ1n) is 9.18. The molecule has 1 rings (SSSR count). The first-order chi connectivity index (χ1) is 9.74. The highest BCUT2D eigenvalue weighted by molar-refractivity contribution is 4.84. The maximum Gasteiger partial charge on any atom is 0.00967 e. The lowest BCUT2D eigenvalue weighted by molar-refractivity contribution is 0.138. The molecule has 0 bridgehead atoms. The molecular weight excluding hydrogens is 256 g/mol. The van der Waals surface area contributed by atoms with Crippen molar-refractivity contribution in [3.8, 4) is 0 Å². The Morgan fingerprint density at radius 2 is 1.67 bits per heavy atom. The zero-order valence-corrected chi connectivity index (χ0v) is 15.6. The second-order valence-corrected chi connectivity index (χ2v) is 8.86. The molecule has 0 amide bonds. The summed E-state index contributed by atoms with van der Waals surface area (Å²) < 4.78 is 0. The van der Waals surface area contributed by atoms with Gasteiger partial charge in [0.15, 0.2) is 0 Å². The Balaban J connectivity index is 2.46. The van der Waals surface area contributed by atoms with Crippen molar-refractivity contribution in [3.63, 3.8) is 0 Å². The van der Waals surface area contributed by atoms with Crippen LogP contribution in [0, 0.1) is 11.3 Å². The molecule has 2 nitrogen and oxygen atoms in total. The summed E-state index contributed by atoms with van der Waals surface area (Å²) in [6.07, 6.45) is 9.87. The molecule has 1 fully saturated rings. The van der Waals surface area contributed by atoms with Crippen LogP contribution in [-0.2, 0) is 0 Å². The highest BCUT2D eigenvalue weighted by Crippen LogP contribution is 2.28. The lowest BCUT2D eigenvalue weighted by Gasteiger charge is -2.38. The van der Waals surface area contributed by atoms with Crippen LogP contribution in [0.1, 0.15) is 79.6 Å². The smallest absolute Gasteiger partial charge is 0.00967 e. The Bertz CT molecular complexity index is 276. The summed E-state index contributed by atoms with van der Waals surface area (Å²) in [4.78, 5) is 2.61. The van der Waals surface area contributed by atoms with E-state index >= 15 is 0 Å². The number of hydrogen-bond donors (Lipinski definition) is 1. The van der Waals surface area contributed by atoms with Gasteiger partial charge in [-0.3, -0.25) is 0 Å². The minimum absolute atomic E-state index is 0.219. The number of nitrogens with one attached hydrogen (secondary N) is 1. The fourth-order valence-corrected chi connectivity index (χ4v) is 3.83. The summed E-state index contributed by atoms with van der Waals surface area (Å²) in [7, 11) is 2.33. The molecule has 1 N–H and O–H groups in total. The van der Waals surface area contributed by atoms with Crippen LogP contribution in [-0.4, -0.2) is 37.1 Å². The summed E-state index contributed by atoms with van der Waals surface area (Å²) in [5.41, 5.74) is 0.613. The van der Waals surface area contributed by atoms with Crippen LogP contribution in [0.15, 0.2) is 0 Å². The molecule has 0 aliphatic heterocycles. The van der Waals surface area contributed by atoms with Gasteiger partial charge in [-0.05, 0) is 58.4 Å². The minimum atomic E-state index is 0.219. The third-order valence-corrected chi connectivity index (χ3v) is 4.85. The topological polar surface area (TPSA) is 15.3 Å². The van der Waals surface area contributed by atoms with Gasteiger partial charge in [0.25, 0.3) is 0 Å². The van der Waals surface area contributed by atoms with Crippen molar-refractivity contribution in [1.29, 1.82) is 0 Å². The van der Waals surface area contributed by atoms with Crippen molar-refractivity contribution in [2.24, 2.45) is 11.3 Å². The van der Waals surface area contributed by atoms with Crippen LogP contribution in [0.4, 0.5) is 0 Å². The van der Waals surface area contributed by atoms with E-state index < -0.39 is 0 Å². The highest BCUT2D eigenvalue weighted by atomic mass is 15.1. The standard InChI is InChI=1S/C19H40N2/c1-7-13-19(5,15-20-18(2,3)4)16-21(6)14-17-11-9-8-10-12-17/h17,20H,7-16H2,1-6H3. The predicted molar refractivity (Wildman–Crippen MR) is 94.8 cm³/mol. The predicted octanol–water partition coefficient (Wildman–Crippen LogP) is 4.69. The van der Waals surface area contributed by atoms with Crippen molar-refractivity contribution in [1.82, 2.24) is 10.2 Å². The molecule has 0 spiro atoms.